The number of carbonyl (C=O) groups is 2. The number of rotatable bonds is 9. The molecule has 14 heteroatoms. The molecule has 1 aromatic rings. The fourth-order valence-electron chi connectivity index (χ4n) is 2.23. The topological polar surface area (TPSA) is 164 Å². The van der Waals surface area contributed by atoms with Crippen LogP contribution in [0.15, 0.2) is 10.5 Å². The van der Waals surface area contributed by atoms with Gasteiger partial charge >= 0.3 is 10.3 Å². The molecule has 1 aliphatic heterocycles. The van der Waals surface area contributed by atoms with Crippen LogP contribution in [0.4, 0.5) is 5.13 Å². The molecule has 4 N–H and O–H groups in total. The maximum atomic E-state index is 12.5. The summed E-state index contributed by atoms with van der Waals surface area (Å²) in [6.07, 6.45) is 1.65. The van der Waals surface area contributed by atoms with Crippen LogP contribution in [0, 0.1) is 0 Å². The van der Waals surface area contributed by atoms with Crippen LogP contribution in [-0.2, 0) is 24.7 Å². The highest BCUT2D eigenvalue weighted by Crippen LogP contribution is 2.33. The van der Waals surface area contributed by atoms with Gasteiger partial charge < -0.3 is 15.9 Å². The number of nitrogens with zero attached hydrogens (tertiary/aromatic N) is 3. The number of aromatic nitrogens is 1. The summed E-state index contributed by atoms with van der Waals surface area (Å²) < 4.78 is 32.5. The van der Waals surface area contributed by atoms with E-state index in [1.54, 1.807) is 0 Å². The molecule has 27 heavy (non-hydrogen) atoms. The molecule has 2 heterocycles. The molecule has 2 rings (SSSR count). The van der Waals surface area contributed by atoms with E-state index in [1.165, 1.54) is 12.5 Å². The molecule has 0 bridgehead atoms. The van der Waals surface area contributed by atoms with Crippen LogP contribution in [-0.4, -0.2) is 64.1 Å². The van der Waals surface area contributed by atoms with E-state index >= 15 is 0 Å². The van der Waals surface area contributed by atoms with Crippen LogP contribution in [0.1, 0.15) is 25.5 Å². The Morgan fingerprint density at radius 2 is 2.30 bits per heavy atom. The highest BCUT2D eigenvalue weighted by molar-refractivity contribution is 8.00. The monoisotopic (exact) mass is 437 g/mol. The van der Waals surface area contributed by atoms with Gasteiger partial charge in [-0.25, -0.2) is 4.98 Å². The number of nitrogens with two attached hydrogens (primary N) is 1. The molecule has 11 nitrogen and oxygen atoms in total. The highest BCUT2D eigenvalue weighted by Gasteiger charge is 2.54. The number of hydrogen-bond acceptors (Lipinski definition) is 10. The molecule has 1 aromatic heterocycles. The van der Waals surface area contributed by atoms with Gasteiger partial charge in [0.25, 0.3) is 11.8 Å². The summed E-state index contributed by atoms with van der Waals surface area (Å²) in [5, 5.41) is 6.79. The molecule has 2 amide bonds. The predicted octanol–water partition coefficient (Wildman–Crippen LogP) is 0.0650. The van der Waals surface area contributed by atoms with Crippen molar-refractivity contribution in [3.63, 3.8) is 0 Å². The van der Waals surface area contributed by atoms with Crippen LogP contribution < -0.4 is 11.1 Å². The van der Waals surface area contributed by atoms with Gasteiger partial charge in [-0.2, -0.15) is 12.7 Å². The standard InChI is InChI=1S/C13H19N5O6S3/c1-3-4-5-25-12-9(11(20)18(12)27(21,22)23)16-10(19)8(17-24-2)7-6-26-13(14)15-7/h6,9,12H,3-5H2,1-2H3,(H2,14,15)(H,16,19)(H,21,22,23)/b17-8+. The first-order valence-electron chi connectivity index (χ1n) is 7.76. The van der Waals surface area contributed by atoms with Gasteiger partial charge in [-0.1, -0.05) is 18.5 Å². The number of oxime groups is 1. The van der Waals surface area contributed by atoms with Gasteiger partial charge in [0.05, 0.1) is 0 Å². The first-order valence-corrected chi connectivity index (χ1v) is 11.1. The number of carbonyl (C=O) groups excluding carboxylic acids is 2. The quantitative estimate of drug-likeness (QED) is 0.159. The summed E-state index contributed by atoms with van der Waals surface area (Å²) in [5.74, 6) is -1.17. The summed E-state index contributed by atoms with van der Waals surface area (Å²) in [5.41, 5.74) is 5.50. The number of hydrogen-bond donors (Lipinski definition) is 3. The van der Waals surface area contributed by atoms with E-state index in [-0.39, 0.29) is 16.5 Å². The van der Waals surface area contributed by atoms with Crippen molar-refractivity contribution in [1.29, 1.82) is 0 Å². The van der Waals surface area contributed by atoms with Gasteiger partial charge in [0, 0.05) is 5.38 Å². The number of thioether (sulfide) groups is 1. The van der Waals surface area contributed by atoms with Gasteiger partial charge in [-0.15, -0.1) is 23.1 Å². The largest absolute Gasteiger partial charge is 0.398 e. The molecule has 2 unspecified atom stereocenters. The lowest BCUT2D eigenvalue weighted by atomic mass is 10.1. The molecular formula is C13H19N5O6S3. The third-order valence-corrected chi connectivity index (χ3v) is 6.54. The van der Waals surface area contributed by atoms with E-state index in [4.69, 9.17) is 5.73 Å². The van der Waals surface area contributed by atoms with Crippen molar-refractivity contribution in [2.24, 2.45) is 5.16 Å². The van der Waals surface area contributed by atoms with E-state index in [9.17, 15) is 22.6 Å². The van der Waals surface area contributed by atoms with Crippen molar-refractivity contribution >= 4 is 56.1 Å². The third-order valence-electron chi connectivity index (χ3n) is 3.48. The second-order valence-electron chi connectivity index (χ2n) is 5.37. The Bertz CT molecular complexity index is 839. The van der Waals surface area contributed by atoms with E-state index < -0.39 is 33.5 Å². The summed E-state index contributed by atoms with van der Waals surface area (Å²) in [6, 6.07) is -1.14. The van der Waals surface area contributed by atoms with Crippen molar-refractivity contribution < 1.29 is 27.4 Å². The minimum absolute atomic E-state index is 0.158. The van der Waals surface area contributed by atoms with E-state index in [0.29, 0.717) is 10.1 Å². The van der Waals surface area contributed by atoms with Crippen LogP contribution in [0.3, 0.4) is 0 Å². The minimum atomic E-state index is -4.72. The normalized spacial score (nSPS) is 20.3. The first-order chi connectivity index (χ1) is 12.7. The second-order valence-corrected chi connectivity index (χ2v) is 8.77. The zero-order valence-corrected chi connectivity index (χ0v) is 16.9. The molecule has 0 aliphatic carbocycles. The van der Waals surface area contributed by atoms with E-state index in [2.05, 4.69) is 20.3 Å². The van der Waals surface area contributed by atoms with Crippen LogP contribution in [0.5, 0.6) is 0 Å². The Morgan fingerprint density at radius 3 is 2.81 bits per heavy atom. The lowest BCUT2D eigenvalue weighted by molar-refractivity contribution is -0.140. The average Bonchev–Trinajstić information content (AvgIpc) is 3.01. The fourth-order valence-corrected chi connectivity index (χ4v) is 5.32. The number of β-lactam (4-membered cyclic amide) rings is 1. The number of thiazole rings is 1. The van der Waals surface area contributed by atoms with Gasteiger partial charge in [0.2, 0.25) is 0 Å². The Balaban J connectivity index is 2.18. The molecule has 0 aromatic carbocycles. The third kappa shape index (κ3) is 4.88. The van der Waals surface area contributed by atoms with Crippen molar-refractivity contribution in [1.82, 2.24) is 14.6 Å². The molecule has 1 aliphatic rings. The lowest BCUT2D eigenvalue weighted by Crippen LogP contribution is -2.71. The number of unbranched alkanes of at least 4 members (excludes halogenated alkanes) is 1. The summed E-state index contributed by atoms with van der Waals surface area (Å²) >= 11 is 2.24. The zero-order chi connectivity index (χ0) is 20.2. The molecule has 0 radical (unpaired) electrons. The van der Waals surface area contributed by atoms with Gasteiger partial charge in [-0.05, 0) is 12.2 Å². The molecule has 150 valence electrons. The Labute approximate surface area is 164 Å². The maximum Gasteiger partial charge on any atom is 0.363 e. The molecular weight excluding hydrogens is 418 g/mol. The zero-order valence-electron chi connectivity index (χ0n) is 14.5. The SMILES string of the molecule is CCCCSC1C(NC(=O)/C(=N/OC)c2csc(N)n2)C(=O)N1S(=O)(=O)O. The Kier molecular flexibility index (Phi) is 7.02. The average molecular weight is 438 g/mol. The lowest BCUT2D eigenvalue weighted by Gasteiger charge is -2.43. The van der Waals surface area contributed by atoms with Gasteiger partial charge in [0.15, 0.2) is 10.8 Å². The van der Waals surface area contributed by atoms with Crippen LogP contribution >= 0.6 is 23.1 Å². The summed E-state index contributed by atoms with van der Waals surface area (Å²) in [4.78, 5) is 33.3. The van der Waals surface area contributed by atoms with E-state index in [1.807, 2.05) is 6.92 Å². The fraction of sp³-hybridized carbons (Fsp3) is 0.538. The number of nitrogens with one attached hydrogen (secondary N) is 1. The Hall–Kier alpha value is -1.90. The second kappa shape index (κ2) is 8.86. The van der Waals surface area contributed by atoms with Crippen molar-refractivity contribution in [2.75, 3.05) is 18.6 Å². The predicted molar refractivity (Wildman–Crippen MR) is 102 cm³/mol. The van der Waals surface area contributed by atoms with Crippen molar-refractivity contribution in [2.45, 2.75) is 31.2 Å². The highest BCUT2D eigenvalue weighted by atomic mass is 32.2. The van der Waals surface area contributed by atoms with Crippen molar-refractivity contribution in [3.8, 4) is 0 Å². The molecule has 0 saturated carbocycles. The molecule has 1 saturated heterocycles. The number of anilines is 1. The smallest absolute Gasteiger partial charge is 0.363 e. The molecule has 0 spiro atoms. The van der Waals surface area contributed by atoms with Gasteiger partial charge in [0.1, 0.15) is 24.2 Å². The first kappa shape index (κ1) is 21.4. The van der Waals surface area contributed by atoms with Crippen LogP contribution in [0.25, 0.3) is 0 Å². The number of amides is 2. The van der Waals surface area contributed by atoms with Crippen LogP contribution in [0.2, 0.25) is 0 Å². The summed E-state index contributed by atoms with van der Waals surface area (Å²) in [6.45, 7) is 1.96. The van der Waals surface area contributed by atoms with Gasteiger partial charge in [-0.3, -0.25) is 14.1 Å². The maximum absolute atomic E-state index is 12.5. The van der Waals surface area contributed by atoms with E-state index in [0.717, 1.165) is 35.9 Å². The Morgan fingerprint density at radius 1 is 1.59 bits per heavy atom. The molecule has 2 atom stereocenters. The number of nitrogen functional groups attached to an aromatic ring is 1. The minimum Gasteiger partial charge on any atom is -0.398 e. The summed E-state index contributed by atoms with van der Waals surface area (Å²) in [7, 11) is -3.48. The molecule has 1 fully saturated rings. The van der Waals surface area contributed by atoms with Crippen molar-refractivity contribution in [3.05, 3.63) is 11.1 Å².